The molecule has 4 heteroatoms. The first-order valence-corrected chi connectivity index (χ1v) is 4.79. The van der Waals surface area contributed by atoms with E-state index in [-0.39, 0.29) is 5.63 Å². The minimum atomic E-state index is -0.409. The van der Waals surface area contributed by atoms with Crippen molar-refractivity contribution in [3.63, 3.8) is 0 Å². The van der Waals surface area contributed by atoms with Crippen LogP contribution in [0.25, 0.3) is 11.0 Å². The van der Waals surface area contributed by atoms with Crippen LogP contribution in [0.1, 0.15) is 12.5 Å². The summed E-state index contributed by atoms with van der Waals surface area (Å²) in [6.45, 7) is 3.00. The zero-order valence-electron chi connectivity index (χ0n) is 8.94. The highest BCUT2D eigenvalue weighted by atomic mass is 16.5. The predicted molar refractivity (Wildman–Crippen MR) is 58.5 cm³/mol. The lowest BCUT2D eigenvalue weighted by molar-refractivity contribution is -0.131. The van der Waals surface area contributed by atoms with E-state index in [4.69, 9.17) is 9.15 Å². The second kappa shape index (κ2) is 3.81. The van der Waals surface area contributed by atoms with Gasteiger partial charge in [0.15, 0.2) is 0 Å². The quantitative estimate of drug-likeness (QED) is 0.417. The number of carbonyl (C=O) groups is 1. The van der Waals surface area contributed by atoms with Crippen molar-refractivity contribution in [3.05, 3.63) is 40.2 Å². The van der Waals surface area contributed by atoms with Crippen molar-refractivity contribution in [2.45, 2.75) is 13.8 Å². The molecule has 16 heavy (non-hydrogen) atoms. The predicted octanol–water partition coefficient (Wildman–Crippen LogP) is 2.03. The van der Waals surface area contributed by atoms with Crippen LogP contribution in [-0.2, 0) is 4.79 Å². The van der Waals surface area contributed by atoms with Crippen LogP contribution in [0.2, 0.25) is 0 Å². The first kappa shape index (κ1) is 10.4. The van der Waals surface area contributed by atoms with Crippen LogP contribution < -0.4 is 10.4 Å². The Morgan fingerprint density at radius 2 is 2.06 bits per heavy atom. The number of esters is 1. The first-order valence-electron chi connectivity index (χ1n) is 4.79. The van der Waals surface area contributed by atoms with Crippen LogP contribution in [0.3, 0.4) is 0 Å². The van der Waals surface area contributed by atoms with Crippen molar-refractivity contribution >= 4 is 16.9 Å². The average Bonchev–Trinajstić information content (AvgIpc) is 2.19. The zero-order valence-corrected chi connectivity index (χ0v) is 8.94. The highest BCUT2D eigenvalue weighted by molar-refractivity contribution is 5.79. The molecular weight excluding hydrogens is 208 g/mol. The summed E-state index contributed by atoms with van der Waals surface area (Å²) in [5.41, 5.74) is 0.578. The van der Waals surface area contributed by atoms with E-state index in [0.29, 0.717) is 16.9 Å². The lowest BCUT2D eigenvalue weighted by Crippen LogP contribution is -2.03. The van der Waals surface area contributed by atoms with Crippen LogP contribution in [0.4, 0.5) is 0 Å². The van der Waals surface area contributed by atoms with E-state index in [1.165, 1.54) is 13.0 Å². The van der Waals surface area contributed by atoms with E-state index >= 15 is 0 Å². The third kappa shape index (κ3) is 1.95. The number of rotatable bonds is 1. The Morgan fingerprint density at radius 3 is 2.75 bits per heavy atom. The van der Waals surface area contributed by atoms with Crippen LogP contribution in [0, 0.1) is 6.92 Å². The van der Waals surface area contributed by atoms with Crippen molar-refractivity contribution in [3.8, 4) is 5.75 Å². The van der Waals surface area contributed by atoms with Gasteiger partial charge in [0.05, 0.1) is 0 Å². The van der Waals surface area contributed by atoms with Crippen molar-refractivity contribution < 1.29 is 13.9 Å². The molecule has 2 aromatic rings. The Labute approximate surface area is 91.4 Å². The summed E-state index contributed by atoms with van der Waals surface area (Å²) in [7, 11) is 0. The lowest BCUT2D eigenvalue weighted by Gasteiger charge is -2.02. The van der Waals surface area contributed by atoms with Gasteiger partial charge >= 0.3 is 11.6 Å². The maximum atomic E-state index is 11.3. The summed E-state index contributed by atoms with van der Waals surface area (Å²) in [6, 6.07) is 6.66. The molecule has 4 nitrogen and oxygen atoms in total. The Kier molecular flexibility index (Phi) is 2.48. The fraction of sp³-hybridized carbons (Fsp3) is 0.167. The Morgan fingerprint density at radius 1 is 1.31 bits per heavy atom. The maximum Gasteiger partial charge on any atom is 0.339 e. The SMILES string of the molecule is CC(=O)Oc1ccc2cc(C)c(=O)oc2c1. The van der Waals surface area contributed by atoms with Gasteiger partial charge in [-0.2, -0.15) is 0 Å². The zero-order chi connectivity index (χ0) is 11.7. The van der Waals surface area contributed by atoms with Gasteiger partial charge in [-0.1, -0.05) is 0 Å². The molecule has 1 heterocycles. The molecule has 0 atom stereocenters. The molecule has 0 aliphatic carbocycles. The lowest BCUT2D eigenvalue weighted by atomic mass is 10.2. The first-order chi connectivity index (χ1) is 7.56. The monoisotopic (exact) mass is 218 g/mol. The third-order valence-corrected chi connectivity index (χ3v) is 2.14. The fourth-order valence-electron chi connectivity index (χ4n) is 1.42. The van der Waals surface area contributed by atoms with Gasteiger partial charge in [0.25, 0.3) is 0 Å². The number of ether oxygens (including phenoxy) is 1. The normalized spacial score (nSPS) is 10.4. The van der Waals surface area contributed by atoms with Gasteiger partial charge in [0.2, 0.25) is 0 Å². The molecule has 0 aliphatic heterocycles. The van der Waals surface area contributed by atoms with Crippen LogP contribution in [-0.4, -0.2) is 5.97 Å². The fourth-order valence-corrected chi connectivity index (χ4v) is 1.42. The molecule has 2 rings (SSSR count). The molecule has 0 aliphatic rings. The summed E-state index contributed by atoms with van der Waals surface area (Å²) >= 11 is 0. The molecule has 0 saturated heterocycles. The second-order valence-electron chi connectivity index (χ2n) is 3.51. The van der Waals surface area contributed by atoms with Crippen LogP contribution >= 0.6 is 0 Å². The molecule has 0 unspecified atom stereocenters. The van der Waals surface area contributed by atoms with E-state index in [0.717, 1.165) is 5.39 Å². The van der Waals surface area contributed by atoms with Crippen LogP contribution in [0.15, 0.2) is 33.5 Å². The van der Waals surface area contributed by atoms with Crippen LogP contribution in [0.5, 0.6) is 5.75 Å². The molecule has 1 aromatic carbocycles. The molecule has 0 fully saturated rings. The van der Waals surface area contributed by atoms with Gasteiger partial charge in [-0.25, -0.2) is 4.79 Å². The second-order valence-corrected chi connectivity index (χ2v) is 3.51. The van der Waals surface area contributed by atoms with Crippen molar-refractivity contribution in [1.29, 1.82) is 0 Å². The van der Waals surface area contributed by atoms with Gasteiger partial charge in [0.1, 0.15) is 11.3 Å². The average molecular weight is 218 g/mol. The summed E-state index contributed by atoms with van der Waals surface area (Å²) in [5, 5.41) is 0.799. The van der Waals surface area contributed by atoms with Gasteiger partial charge in [-0.15, -0.1) is 0 Å². The number of aryl methyl sites for hydroxylation is 1. The molecule has 0 saturated carbocycles. The molecule has 0 N–H and O–H groups in total. The van der Waals surface area contributed by atoms with Gasteiger partial charge in [-0.3, -0.25) is 4.79 Å². The smallest absolute Gasteiger partial charge is 0.339 e. The van der Waals surface area contributed by atoms with Gasteiger partial charge in [0, 0.05) is 23.9 Å². The van der Waals surface area contributed by atoms with Gasteiger partial charge in [-0.05, 0) is 25.1 Å². The molecule has 1 aromatic heterocycles. The van der Waals surface area contributed by atoms with Crippen molar-refractivity contribution in [1.82, 2.24) is 0 Å². The summed E-state index contributed by atoms with van der Waals surface area (Å²) in [4.78, 5) is 22.0. The Bertz CT molecular complexity index is 610. The number of hydrogen-bond acceptors (Lipinski definition) is 4. The maximum absolute atomic E-state index is 11.3. The van der Waals surface area contributed by atoms with E-state index in [1.54, 1.807) is 25.1 Å². The third-order valence-electron chi connectivity index (χ3n) is 2.14. The van der Waals surface area contributed by atoms with E-state index in [1.807, 2.05) is 0 Å². The van der Waals surface area contributed by atoms with E-state index < -0.39 is 5.97 Å². The Hall–Kier alpha value is -2.10. The highest BCUT2D eigenvalue weighted by Crippen LogP contribution is 2.20. The molecular formula is C12H10O4. The largest absolute Gasteiger partial charge is 0.427 e. The molecule has 82 valence electrons. The molecule has 0 amide bonds. The highest BCUT2D eigenvalue weighted by Gasteiger charge is 2.04. The number of benzene rings is 1. The topological polar surface area (TPSA) is 56.5 Å². The van der Waals surface area contributed by atoms with Crippen molar-refractivity contribution in [2.24, 2.45) is 0 Å². The molecule has 0 spiro atoms. The standard InChI is InChI=1S/C12H10O4/c1-7-5-9-3-4-10(15-8(2)13)6-11(9)16-12(7)14/h3-6H,1-2H3. The molecule has 0 radical (unpaired) electrons. The summed E-state index contributed by atoms with van der Waals surface area (Å²) < 4.78 is 9.96. The summed E-state index contributed by atoms with van der Waals surface area (Å²) in [5.74, 6) is -0.0409. The number of hydrogen-bond donors (Lipinski definition) is 0. The minimum absolute atomic E-state index is 0.368. The molecule has 0 bridgehead atoms. The Balaban J connectivity index is 2.57. The van der Waals surface area contributed by atoms with Gasteiger partial charge < -0.3 is 9.15 Å². The summed E-state index contributed by atoms with van der Waals surface area (Å²) in [6.07, 6.45) is 0. The minimum Gasteiger partial charge on any atom is -0.427 e. The van der Waals surface area contributed by atoms with E-state index in [2.05, 4.69) is 0 Å². The van der Waals surface area contributed by atoms with Crippen molar-refractivity contribution in [2.75, 3.05) is 0 Å². The number of fused-ring (bicyclic) bond motifs is 1. The number of carbonyl (C=O) groups excluding carboxylic acids is 1. The van der Waals surface area contributed by atoms with E-state index in [9.17, 15) is 9.59 Å².